The molecule has 0 amide bonds. The van der Waals surface area contributed by atoms with Crippen molar-refractivity contribution in [3.05, 3.63) is 63.7 Å². The van der Waals surface area contributed by atoms with Crippen LogP contribution in [-0.4, -0.2) is 13.4 Å². The molecule has 0 radical (unpaired) electrons. The minimum atomic E-state index is -3.50. The highest BCUT2D eigenvalue weighted by atomic mass is 32.2. The van der Waals surface area contributed by atoms with E-state index in [0.29, 0.717) is 5.56 Å². The molecule has 0 saturated heterocycles. The topological polar surface area (TPSA) is 59.1 Å². The number of rotatable bonds is 6. The van der Waals surface area contributed by atoms with Crippen molar-refractivity contribution in [2.45, 2.75) is 19.2 Å². The quantitative estimate of drug-likeness (QED) is 0.702. The maximum Gasteiger partial charge on any atom is 0.216 e. The molecule has 0 unspecified atom stereocenters. The maximum absolute atomic E-state index is 12.9. The summed E-state index contributed by atoms with van der Waals surface area (Å²) in [5.74, 6) is -0.561. The molecule has 0 fully saturated rings. The lowest BCUT2D eigenvalue weighted by Crippen LogP contribution is -2.24. The van der Waals surface area contributed by atoms with Gasteiger partial charge in [0.1, 0.15) is 10.8 Å². The van der Waals surface area contributed by atoms with Gasteiger partial charge in [0.15, 0.2) is 0 Å². The molecule has 0 aliphatic carbocycles. The molecular weight excluding hydrogens is 367 g/mol. The number of thiazole rings is 1. The highest BCUT2D eigenvalue weighted by molar-refractivity contribution is 7.88. The van der Waals surface area contributed by atoms with Gasteiger partial charge < -0.3 is 0 Å². The molecule has 4 nitrogen and oxygen atoms in total. The average molecular weight is 383 g/mol. The minimum Gasteiger partial charge on any atom is -0.240 e. The Labute approximate surface area is 148 Å². The van der Waals surface area contributed by atoms with Gasteiger partial charge in [0.2, 0.25) is 10.0 Å². The number of halogens is 1. The molecule has 2 aromatic heterocycles. The Bertz CT molecular complexity index is 917. The number of nitrogens with zero attached hydrogens (tertiary/aromatic N) is 1. The molecule has 2 heterocycles. The first-order chi connectivity index (χ1) is 11.4. The SMILES string of the molecule is Cc1nc(-c2cccs2)sc1CNS(=O)(=O)Cc1ccc(F)cc1. The third kappa shape index (κ3) is 4.27. The lowest BCUT2D eigenvalue weighted by Gasteiger charge is -2.06. The van der Waals surface area contributed by atoms with E-state index < -0.39 is 10.0 Å². The summed E-state index contributed by atoms with van der Waals surface area (Å²) in [5, 5.41) is 2.88. The number of aromatic nitrogens is 1. The molecule has 8 heteroatoms. The van der Waals surface area contributed by atoms with E-state index in [4.69, 9.17) is 0 Å². The number of benzene rings is 1. The summed E-state index contributed by atoms with van der Waals surface area (Å²) >= 11 is 3.09. The molecule has 0 aliphatic heterocycles. The van der Waals surface area contributed by atoms with Gasteiger partial charge in [-0.05, 0) is 36.1 Å². The number of sulfonamides is 1. The van der Waals surface area contributed by atoms with Gasteiger partial charge in [0, 0.05) is 11.4 Å². The smallest absolute Gasteiger partial charge is 0.216 e. The van der Waals surface area contributed by atoms with Gasteiger partial charge >= 0.3 is 0 Å². The van der Waals surface area contributed by atoms with E-state index in [1.165, 1.54) is 35.6 Å². The monoisotopic (exact) mass is 382 g/mol. The Morgan fingerprint density at radius 1 is 1.21 bits per heavy atom. The molecule has 1 N–H and O–H groups in total. The number of hydrogen-bond acceptors (Lipinski definition) is 5. The van der Waals surface area contributed by atoms with Crippen molar-refractivity contribution in [3.63, 3.8) is 0 Å². The van der Waals surface area contributed by atoms with E-state index in [1.54, 1.807) is 11.3 Å². The van der Waals surface area contributed by atoms with Gasteiger partial charge in [-0.2, -0.15) is 0 Å². The predicted octanol–water partition coefficient (Wildman–Crippen LogP) is 3.94. The largest absolute Gasteiger partial charge is 0.240 e. The van der Waals surface area contributed by atoms with Crippen molar-refractivity contribution in [3.8, 4) is 9.88 Å². The fourth-order valence-corrected chi connectivity index (χ4v) is 5.11. The summed E-state index contributed by atoms with van der Waals surface area (Å²) in [4.78, 5) is 6.46. The summed E-state index contributed by atoms with van der Waals surface area (Å²) in [7, 11) is -3.50. The summed E-state index contributed by atoms with van der Waals surface area (Å²) in [6.45, 7) is 2.08. The average Bonchev–Trinajstić information content (AvgIpc) is 3.17. The molecule has 126 valence electrons. The van der Waals surface area contributed by atoms with Crippen LogP contribution in [0.25, 0.3) is 9.88 Å². The molecule has 3 aromatic rings. The van der Waals surface area contributed by atoms with Crippen LogP contribution in [0.2, 0.25) is 0 Å². The van der Waals surface area contributed by atoms with Crippen molar-refractivity contribution in [1.29, 1.82) is 0 Å². The molecule has 0 spiro atoms. The number of nitrogens with one attached hydrogen (secondary N) is 1. The molecule has 24 heavy (non-hydrogen) atoms. The van der Waals surface area contributed by atoms with E-state index in [1.807, 2.05) is 24.4 Å². The van der Waals surface area contributed by atoms with Gasteiger partial charge in [-0.3, -0.25) is 0 Å². The fraction of sp³-hybridized carbons (Fsp3) is 0.188. The molecule has 3 rings (SSSR count). The van der Waals surface area contributed by atoms with Crippen LogP contribution in [0, 0.1) is 12.7 Å². The maximum atomic E-state index is 12.9. The molecule has 1 aromatic carbocycles. The van der Waals surface area contributed by atoms with Crippen LogP contribution < -0.4 is 4.72 Å². The molecule has 0 aliphatic rings. The zero-order chi connectivity index (χ0) is 17.2. The van der Waals surface area contributed by atoms with Crippen molar-refractivity contribution in [1.82, 2.24) is 9.71 Å². The van der Waals surface area contributed by atoms with Crippen LogP contribution in [0.15, 0.2) is 41.8 Å². The molecule has 0 atom stereocenters. The predicted molar refractivity (Wildman–Crippen MR) is 96.0 cm³/mol. The van der Waals surface area contributed by atoms with Crippen molar-refractivity contribution in [2.75, 3.05) is 0 Å². The number of thiophene rings is 1. The standard InChI is InChI=1S/C16H15FN2O2S3/c1-11-15(23-16(19-11)14-3-2-8-22-14)9-18-24(20,21)10-12-4-6-13(17)7-5-12/h2-8,18H,9-10H2,1H3. The minimum absolute atomic E-state index is 0.178. The number of aryl methyl sites for hydroxylation is 1. The molecule has 0 bridgehead atoms. The van der Waals surface area contributed by atoms with Gasteiger partial charge in [-0.25, -0.2) is 22.5 Å². The van der Waals surface area contributed by atoms with E-state index in [0.717, 1.165) is 20.5 Å². The van der Waals surface area contributed by atoms with E-state index in [9.17, 15) is 12.8 Å². The van der Waals surface area contributed by atoms with Gasteiger partial charge in [0.25, 0.3) is 0 Å². The van der Waals surface area contributed by atoms with Gasteiger partial charge in [-0.1, -0.05) is 18.2 Å². The Hall–Kier alpha value is -1.61. The van der Waals surface area contributed by atoms with Crippen LogP contribution in [0.4, 0.5) is 4.39 Å². The second-order valence-corrected chi connectivity index (χ2v) is 9.05. The highest BCUT2D eigenvalue weighted by Crippen LogP contribution is 2.31. The van der Waals surface area contributed by atoms with E-state index in [2.05, 4.69) is 9.71 Å². The van der Waals surface area contributed by atoms with E-state index in [-0.39, 0.29) is 18.1 Å². The van der Waals surface area contributed by atoms with Crippen molar-refractivity contribution < 1.29 is 12.8 Å². The lowest BCUT2D eigenvalue weighted by atomic mass is 10.2. The van der Waals surface area contributed by atoms with Crippen LogP contribution in [-0.2, 0) is 22.3 Å². The third-order valence-electron chi connectivity index (χ3n) is 3.35. The van der Waals surface area contributed by atoms with Crippen molar-refractivity contribution >= 4 is 32.7 Å². The third-order valence-corrected chi connectivity index (χ3v) is 6.84. The van der Waals surface area contributed by atoms with Gasteiger partial charge in [-0.15, -0.1) is 22.7 Å². The Morgan fingerprint density at radius 2 is 1.96 bits per heavy atom. The van der Waals surface area contributed by atoms with Crippen LogP contribution in [0.1, 0.15) is 16.1 Å². The van der Waals surface area contributed by atoms with Gasteiger partial charge in [0.05, 0.1) is 16.3 Å². The van der Waals surface area contributed by atoms with Crippen LogP contribution in [0.5, 0.6) is 0 Å². The first-order valence-corrected chi connectivity index (χ1v) is 10.5. The second-order valence-electron chi connectivity index (χ2n) is 5.21. The Kier molecular flexibility index (Phi) is 5.09. The molecular formula is C16H15FN2O2S3. The highest BCUT2D eigenvalue weighted by Gasteiger charge is 2.15. The first-order valence-electron chi connectivity index (χ1n) is 7.15. The summed E-state index contributed by atoms with van der Waals surface area (Å²) in [5.41, 5.74) is 1.37. The summed E-state index contributed by atoms with van der Waals surface area (Å²) in [6, 6.07) is 9.41. The Balaban J connectivity index is 1.67. The number of hydrogen-bond donors (Lipinski definition) is 1. The lowest BCUT2D eigenvalue weighted by molar-refractivity contribution is 0.580. The normalized spacial score (nSPS) is 11.8. The van der Waals surface area contributed by atoms with Crippen LogP contribution in [0.3, 0.4) is 0 Å². The van der Waals surface area contributed by atoms with Crippen molar-refractivity contribution in [2.24, 2.45) is 0 Å². The zero-order valence-electron chi connectivity index (χ0n) is 12.8. The summed E-state index contributed by atoms with van der Waals surface area (Å²) < 4.78 is 39.8. The summed E-state index contributed by atoms with van der Waals surface area (Å²) in [6.07, 6.45) is 0. The van der Waals surface area contributed by atoms with Crippen LogP contribution >= 0.6 is 22.7 Å². The Morgan fingerprint density at radius 3 is 2.62 bits per heavy atom. The second kappa shape index (κ2) is 7.10. The zero-order valence-corrected chi connectivity index (χ0v) is 15.3. The fourth-order valence-electron chi connectivity index (χ4n) is 2.12. The van der Waals surface area contributed by atoms with E-state index >= 15 is 0 Å². The first kappa shape index (κ1) is 17.2. The molecule has 0 saturated carbocycles.